The molecule has 0 saturated carbocycles. The fourth-order valence-electron chi connectivity index (χ4n) is 2.98. The number of carbonyl (C=O) groups excluding carboxylic acids is 2. The Balaban J connectivity index is 1.70. The number of nitrogens with one attached hydrogen (secondary N) is 2. The number of halogens is 2. The summed E-state index contributed by atoms with van der Waals surface area (Å²) in [7, 11) is 0. The third-order valence-electron chi connectivity index (χ3n) is 4.42. The van der Waals surface area contributed by atoms with Gasteiger partial charge < -0.3 is 10.6 Å². The third kappa shape index (κ3) is 5.17. The zero-order valence-corrected chi connectivity index (χ0v) is 16.8. The predicted octanol–water partition coefficient (Wildman–Crippen LogP) is 3.87. The number of hydrogen-bond donors (Lipinski definition) is 2. The number of amides is 2. The molecule has 2 amide bonds. The van der Waals surface area contributed by atoms with Crippen molar-refractivity contribution < 1.29 is 14.0 Å². The predicted molar refractivity (Wildman–Crippen MR) is 110 cm³/mol. The minimum atomic E-state index is -0.677. The molecule has 2 aromatic carbocycles. The zero-order chi connectivity index (χ0) is 20.8. The lowest BCUT2D eigenvalue weighted by Crippen LogP contribution is -2.32. The van der Waals surface area contributed by atoms with Gasteiger partial charge in [-0.15, -0.1) is 0 Å². The molecule has 1 aliphatic rings. The van der Waals surface area contributed by atoms with E-state index in [0.717, 1.165) is 17.3 Å². The maximum absolute atomic E-state index is 14.2. The summed E-state index contributed by atoms with van der Waals surface area (Å²) in [6, 6.07) is 15.3. The van der Waals surface area contributed by atoms with Gasteiger partial charge in [0.2, 0.25) is 11.8 Å². The molecule has 0 radical (unpaired) electrons. The van der Waals surface area contributed by atoms with Crippen LogP contribution in [-0.2, 0) is 16.1 Å². The molecule has 2 N–H and O–H groups in total. The lowest BCUT2D eigenvalue weighted by atomic mass is 9.87. The number of hydrogen-bond acceptors (Lipinski definition) is 4. The molecule has 1 atom stereocenters. The van der Waals surface area contributed by atoms with E-state index in [-0.39, 0.29) is 41.1 Å². The topological polar surface area (TPSA) is 82.0 Å². The number of rotatable bonds is 6. The standard InChI is InChI=1S/C21H17ClFN3O2S/c22-17-7-3-1-5-13(17)11-25-20(28)12-29-21-16(10-24)15(9-19(27)26-21)14-6-2-4-8-18(14)23/h1-8,15H,9,11-12H2,(H,25,28)(H,26,27)/t15-/m0/s1. The van der Waals surface area contributed by atoms with Gasteiger partial charge in [0.1, 0.15) is 5.82 Å². The zero-order valence-electron chi connectivity index (χ0n) is 15.2. The SMILES string of the molecule is N#CC1=C(SCC(=O)NCc2ccccc2Cl)NC(=O)C[C@H]1c1ccccc1F. The number of benzene rings is 2. The monoisotopic (exact) mass is 429 g/mol. The summed E-state index contributed by atoms with van der Waals surface area (Å²) in [5, 5.41) is 15.8. The van der Waals surface area contributed by atoms with Crippen LogP contribution in [0, 0.1) is 17.1 Å². The summed E-state index contributed by atoms with van der Waals surface area (Å²) in [6.07, 6.45) is -0.0212. The van der Waals surface area contributed by atoms with Crippen LogP contribution in [0.25, 0.3) is 0 Å². The molecule has 0 fully saturated rings. The first-order valence-electron chi connectivity index (χ1n) is 8.81. The van der Waals surface area contributed by atoms with Crippen molar-refractivity contribution in [2.45, 2.75) is 18.9 Å². The van der Waals surface area contributed by atoms with E-state index in [1.807, 2.05) is 12.1 Å². The molecule has 148 valence electrons. The van der Waals surface area contributed by atoms with Crippen molar-refractivity contribution in [3.05, 3.63) is 81.1 Å². The highest BCUT2D eigenvalue weighted by atomic mass is 35.5. The molecule has 0 saturated heterocycles. The third-order valence-corrected chi connectivity index (χ3v) is 5.80. The Morgan fingerprint density at radius 2 is 2.00 bits per heavy atom. The van der Waals surface area contributed by atoms with Gasteiger partial charge in [-0.25, -0.2) is 4.39 Å². The van der Waals surface area contributed by atoms with Crippen molar-refractivity contribution >= 4 is 35.2 Å². The number of nitriles is 1. The van der Waals surface area contributed by atoms with Crippen LogP contribution in [0.3, 0.4) is 0 Å². The highest BCUT2D eigenvalue weighted by Crippen LogP contribution is 2.36. The summed E-state index contributed by atoms with van der Waals surface area (Å²) in [6.45, 7) is 0.271. The Labute approximate surface area is 176 Å². The molecule has 1 aliphatic heterocycles. The van der Waals surface area contributed by atoms with Gasteiger partial charge >= 0.3 is 0 Å². The van der Waals surface area contributed by atoms with Crippen LogP contribution in [0.1, 0.15) is 23.5 Å². The quantitative estimate of drug-likeness (QED) is 0.730. The van der Waals surface area contributed by atoms with Gasteiger partial charge in [0.15, 0.2) is 0 Å². The normalized spacial score (nSPS) is 16.2. The molecule has 0 aliphatic carbocycles. The molecular formula is C21H17ClFN3O2S. The Morgan fingerprint density at radius 3 is 2.72 bits per heavy atom. The van der Waals surface area contributed by atoms with E-state index in [9.17, 15) is 19.2 Å². The van der Waals surface area contributed by atoms with Gasteiger partial charge in [0.05, 0.1) is 22.4 Å². The van der Waals surface area contributed by atoms with Gasteiger partial charge in [-0.2, -0.15) is 5.26 Å². The molecule has 1 heterocycles. The van der Waals surface area contributed by atoms with Crippen LogP contribution < -0.4 is 10.6 Å². The molecule has 0 bridgehead atoms. The van der Waals surface area contributed by atoms with Gasteiger partial charge in [0.25, 0.3) is 0 Å². The van der Waals surface area contributed by atoms with Crippen LogP contribution in [0.2, 0.25) is 5.02 Å². The van der Waals surface area contributed by atoms with Gasteiger partial charge in [-0.1, -0.05) is 59.8 Å². The first kappa shape index (κ1) is 20.9. The Kier molecular flexibility index (Phi) is 6.91. The first-order chi connectivity index (χ1) is 14.0. The maximum atomic E-state index is 14.2. The summed E-state index contributed by atoms with van der Waals surface area (Å²) in [5.74, 6) is -1.75. The van der Waals surface area contributed by atoms with Crippen molar-refractivity contribution in [1.29, 1.82) is 5.26 Å². The molecule has 29 heavy (non-hydrogen) atoms. The van der Waals surface area contributed by atoms with Crippen LogP contribution in [0.15, 0.2) is 59.1 Å². The minimum Gasteiger partial charge on any atom is -0.351 e. The van der Waals surface area contributed by atoms with Crippen LogP contribution in [0.4, 0.5) is 4.39 Å². The van der Waals surface area contributed by atoms with Crippen LogP contribution in [0.5, 0.6) is 0 Å². The minimum absolute atomic E-state index is 0.00472. The van der Waals surface area contributed by atoms with Crippen molar-refractivity contribution in [3.8, 4) is 6.07 Å². The highest BCUT2D eigenvalue weighted by molar-refractivity contribution is 8.03. The molecule has 8 heteroatoms. The molecule has 2 aromatic rings. The van der Waals surface area contributed by atoms with Crippen molar-refractivity contribution in [3.63, 3.8) is 0 Å². The number of thioether (sulfide) groups is 1. The summed E-state index contributed by atoms with van der Waals surface area (Å²) in [5.41, 5.74) is 1.33. The smallest absolute Gasteiger partial charge is 0.230 e. The summed E-state index contributed by atoms with van der Waals surface area (Å²) >= 11 is 7.11. The fourth-order valence-corrected chi connectivity index (χ4v) is 4.09. The van der Waals surface area contributed by atoms with Crippen LogP contribution in [-0.4, -0.2) is 17.6 Å². The second-order valence-electron chi connectivity index (χ2n) is 6.34. The van der Waals surface area contributed by atoms with E-state index < -0.39 is 11.7 Å². The first-order valence-corrected chi connectivity index (χ1v) is 10.2. The van der Waals surface area contributed by atoms with Crippen molar-refractivity contribution in [2.24, 2.45) is 0 Å². The number of carbonyl (C=O) groups is 2. The fraction of sp³-hybridized carbons (Fsp3) is 0.190. The number of nitrogens with zero attached hydrogens (tertiary/aromatic N) is 1. The van der Waals surface area contributed by atoms with Gasteiger partial charge in [-0.3, -0.25) is 9.59 Å². The van der Waals surface area contributed by atoms with Gasteiger partial charge in [-0.05, 0) is 23.3 Å². The Bertz CT molecular complexity index is 1020. The van der Waals surface area contributed by atoms with Gasteiger partial charge in [0, 0.05) is 23.9 Å². The molecular weight excluding hydrogens is 413 g/mol. The lowest BCUT2D eigenvalue weighted by molar-refractivity contribution is -0.121. The van der Waals surface area contributed by atoms with E-state index in [1.165, 1.54) is 6.07 Å². The Morgan fingerprint density at radius 1 is 1.28 bits per heavy atom. The average molecular weight is 430 g/mol. The van der Waals surface area contributed by atoms with Crippen molar-refractivity contribution in [1.82, 2.24) is 10.6 Å². The van der Waals surface area contributed by atoms with E-state index in [0.29, 0.717) is 10.6 Å². The molecule has 0 spiro atoms. The number of allylic oxidation sites excluding steroid dienone is 1. The van der Waals surface area contributed by atoms with E-state index in [1.54, 1.807) is 30.3 Å². The summed E-state index contributed by atoms with van der Waals surface area (Å²) in [4.78, 5) is 24.3. The van der Waals surface area contributed by atoms with Crippen molar-refractivity contribution in [2.75, 3.05) is 5.75 Å². The average Bonchev–Trinajstić information content (AvgIpc) is 2.71. The van der Waals surface area contributed by atoms with E-state index in [4.69, 9.17) is 11.6 Å². The molecule has 0 unspecified atom stereocenters. The maximum Gasteiger partial charge on any atom is 0.230 e. The summed E-state index contributed by atoms with van der Waals surface area (Å²) < 4.78 is 14.2. The van der Waals surface area contributed by atoms with E-state index in [2.05, 4.69) is 16.7 Å². The molecule has 5 nitrogen and oxygen atoms in total. The molecule has 3 rings (SSSR count). The van der Waals surface area contributed by atoms with E-state index >= 15 is 0 Å². The second kappa shape index (κ2) is 9.59. The highest BCUT2D eigenvalue weighted by Gasteiger charge is 2.31. The lowest BCUT2D eigenvalue weighted by Gasteiger charge is -2.25. The second-order valence-corrected chi connectivity index (χ2v) is 7.73. The molecule has 0 aromatic heterocycles. The Hall–Kier alpha value is -2.82. The largest absolute Gasteiger partial charge is 0.351 e. The van der Waals surface area contributed by atoms with Crippen LogP contribution >= 0.6 is 23.4 Å².